The molecule has 0 saturated heterocycles. The molecule has 0 fully saturated rings. The van der Waals surface area contributed by atoms with E-state index < -0.39 is 7.14 Å². The van der Waals surface area contributed by atoms with Crippen molar-refractivity contribution in [3.8, 4) is 0 Å². The van der Waals surface area contributed by atoms with E-state index >= 15 is 0 Å². The van der Waals surface area contributed by atoms with Gasteiger partial charge in [0, 0.05) is 10.6 Å². The highest BCUT2D eigenvalue weighted by Crippen LogP contribution is 2.45. The van der Waals surface area contributed by atoms with Gasteiger partial charge < -0.3 is 14.4 Å². The van der Waals surface area contributed by atoms with Crippen molar-refractivity contribution in [1.82, 2.24) is 0 Å². The topological polar surface area (TPSA) is 46.5 Å². The lowest BCUT2D eigenvalue weighted by Crippen LogP contribution is -2.14. The van der Waals surface area contributed by atoms with Crippen LogP contribution in [-0.4, -0.2) is 11.7 Å². The van der Waals surface area contributed by atoms with Crippen LogP contribution in [0.3, 0.4) is 0 Å². The number of ether oxygens (including phenoxy) is 1. The highest BCUT2D eigenvalue weighted by molar-refractivity contribution is 7.81. The highest BCUT2D eigenvalue weighted by atomic mass is 31.2. The van der Waals surface area contributed by atoms with Gasteiger partial charge in [-0.15, -0.1) is 0 Å². The third-order valence-electron chi connectivity index (χ3n) is 2.86. The molecule has 0 unspecified atom stereocenters. The number of hydrogen-bond acceptors (Lipinski definition) is 3. The summed E-state index contributed by atoms with van der Waals surface area (Å²) in [6, 6.07) is 18.2. The Hall–Kier alpha value is -1.99. The number of aliphatic hydroxyl groups is 1. The molecule has 0 spiro atoms. The van der Waals surface area contributed by atoms with E-state index in [-0.39, 0.29) is 5.95 Å². The Bertz CT molecular complexity index is 577. The SMILES string of the molecule is CCO/C(O)=C/P(=O)(c1ccccc1)c1ccccc1. The van der Waals surface area contributed by atoms with Crippen molar-refractivity contribution < 1.29 is 14.4 Å². The molecule has 2 aromatic carbocycles. The molecule has 1 N–H and O–H groups in total. The van der Waals surface area contributed by atoms with Gasteiger partial charge in [0.2, 0.25) is 0 Å². The number of rotatable bonds is 5. The summed E-state index contributed by atoms with van der Waals surface area (Å²) in [4.78, 5) is 0. The molecule has 0 atom stereocenters. The van der Waals surface area contributed by atoms with Crippen LogP contribution >= 0.6 is 7.14 Å². The summed E-state index contributed by atoms with van der Waals surface area (Å²) in [7, 11) is -3.05. The summed E-state index contributed by atoms with van der Waals surface area (Å²) in [5.74, 6) is 1.02. The van der Waals surface area contributed by atoms with Crippen LogP contribution in [-0.2, 0) is 9.30 Å². The van der Waals surface area contributed by atoms with Gasteiger partial charge in [0.25, 0.3) is 5.95 Å². The Balaban J connectivity index is 2.56. The summed E-state index contributed by atoms with van der Waals surface area (Å²) in [5.41, 5.74) is 0. The maximum atomic E-state index is 13.4. The van der Waals surface area contributed by atoms with Crippen LogP contribution in [0, 0.1) is 0 Å². The maximum absolute atomic E-state index is 13.4. The lowest BCUT2D eigenvalue weighted by molar-refractivity contribution is 0.103. The second kappa shape index (κ2) is 6.44. The number of aliphatic hydroxyl groups excluding tert-OH is 1. The highest BCUT2D eigenvalue weighted by Gasteiger charge is 2.26. The van der Waals surface area contributed by atoms with Crippen LogP contribution in [0.2, 0.25) is 0 Å². The summed E-state index contributed by atoms with van der Waals surface area (Å²) >= 11 is 0. The van der Waals surface area contributed by atoms with Gasteiger partial charge in [-0.3, -0.25) is 0 Å². The van der Waals surface area contributed by atoms with Crippen molar-refractivity contribution in [3.63, 3.8) is 0 Å². The molecule has 104 valence electrons. The summed E-state index contributed by atoms with van der Waals surface area (Å²) < 4.78 is 18.4. The molecule has 2 rings (SSSR count). The summed E-state index contributed by atoms with van der Waals surface area (Å²) in [6.45, 7) is 2.09. The molecule has 0 aliphatic rings. The van der Waals surface area contributed by atoms with Gasteiger partial charge in [-0.2, -0.15) is 0 Å². The predicted octanol–water partition coefficient (Wildman–Crippen LogP) is 3.39. The third-order valence-corrected chi connectivity index (χ3v) is 5.58. The van der Waals surface area contributed by atoms with Gasteiger partial charge in [0.15, 0.2) is 7.14 Å². The first-order valence-electron chi connectivity index (χ1n) is 6.42. The molecule has 0 amide bonds. The van der Waals surface area contributed by atoms with E-state index in [1.54, 1.807) is 31.2 Å². The summed E-state index contributed by atoms with van der Waals surface area (Å²) in [6.07, 6.45) is 0. The minimum absolute atomic E-state index is 0.302. The fourth-order valence-corrected chi connectivity index (χ4v) is 4.15. The van der Waals surface area contributed by atoms with E-state index in [4.69, 9.17) is 4.74 Å². The van der Waals surface area contributed by atoms with Crippen molar-refractivity contribution in [3.05, 3.63) is 72.4 Å². The van der Waals surface area contributed by atoms with Crippen LogP contribution in [0.4, 0.5) is 0 Å². The average molecular weight is 288 g/mol. The van der Waals surface area contributed by atoms with Crippen LogP contribution in [0.25, 0.3) is 0 Å². The maximum Gasteiger partial charge on any atom is 0.280 e. The average Bonchev–Trinajstić information content (AvgIpc) is 2.49. The smallest absolute Gasteiger partial charge is 0.280 e. The third kappa shape index (κ3) is 3.12. The van der Waals surface area contributed by atoms with Crippen molar-refractivity contribution in [2.75, 3.05) is 6.61 Å². The van der Waals surface area contributed by atoms with E-state index in [0.717, 1.165) is 0 Å². The monoisotopic (exact) mass is 288 g/mol. The van der Waals surface area contributed by atoms with Gasteiger partial charge in [-0.1, -0.05) is 60.7 Å². The Morgan fingerprint density at radius 1 is 1.05 bits per heavy atom. The van der Waals surface area contributed by atoms with E-state index in [2.05, 4.69) is 0 Å². The number of benzene rings is 2. The minimum Gasteiger partial charge on any atom is -0.481 e. The standard InChI is InChI=1S/C16H17O3P/c1-2-19-16(17)13-20(18,14-9-5-3-6-10-14)15-11-7-4-8-12-15/h3-13,17H,2H2,1H3/b16-13+. The van der Waals surface area contributed by atoms with E-state index in [9.17, 15) is 9.67 Å². The zero-order chi connectivity index (χ0) is 14.4. The molecule has 4 heteroatoms. The Morgan fingerprint density at radius 2 is 1.50 bits per heavy atom. The first kappa shape index (κ1) is 14.4. The normalized spacial score (nSPS) is 12.2. The molecule has 3 nitrogen and oxygen atoms in total. The molecule has 2 aromatic rings. The Labute approximate surface area is 118 Å². The first-order valence-corrected chi connectivity index (χ1v) is 8.20. The van der Waals surface area contributed by atoms with Crippen LogP contribution in [0.5, 0.6) is 0 Å². The lowest BCUT2D eigenvalue weighted by Gasteiger charge is -2.15. The van der Waals surface area contributed by atoms with Crippen molar-refractivity contribution >= 4 is 17.8 Å². The zero-order valence-electron chi connectivity index (χ0n) is 11.3. The van der Waals surface area contributed by atoms with Crippen molar-refractivity contribution in [2.24, 2.45) is 0 Å². The zero-order valence-corrected chi connectivity index (χ0v) is 12.2. The van der Waals surface area contributed by atoms with E-state index in [1.165, 1.54) is 5.82 Å². The van der Waals surface area contributed by atoms with Gasteiger partial charge >= 0.3 is 0 Å². The molecule has 0 aliphatic carbocycles. The lowest BCUT2D eigenvalue weighted by atomic mass is 10.4. The molecule has 0 saturated carbocycles. The van der Waals surface area contributed by atoms with Gasteiger partial charge in [0.1, 0.15) is 0 Å². The molecular weight excluding hydrogens is 271 g/mol. The molecule has 0 heterocycles. The fourth-order valence-electron chi connectivity index (χ4n) is 1.94. The Morgan fingerprint density at radius 3 is 1.90 bits per heavy atom. The van der Waals surface area contributed by atoms with Crippen LogP contribution in [0.15, 0.2) is 72.4 Å². The number of hydrogen-bond donors (Lipinski definition) is 1. The largest absolute Gasteiger partial charge is 0.481 e. The van der Waals surface area contributed by atoms with Crippen molar-refractivity contribution in [1.29, 1.82) is 0 Å². The molecule has 20 heavy (non-hydrogen) atoms. The van der Waals surface area contributed by atoms with Gasteiger partial charge in [-0.05, 0) is 6.92 Å². The summed E-state index contributed by atoms with van der Waals surface area (Å²) in [5, 5.41) is 11.1. The van der Waals surface area contributed by atoms with Gasteiger partial charge in [-0.25, -0.2) is 0 Å². The predicted molar refractivity (Wildman–Crippen MR) is 82.1 cm³/mol. The van der Waals surface area contributed by atoms with E-state index in [0.29, 0.717) is 17.2 Å². The van der Waals surface area contributed by atoms with Gasteiger partial charge in [0.05, 0.1) is 12.4 Å². The molecule has 0 aliphatic heterocycles. The first-order chi connectivity index (χ1) is 9.66. The molecular formula is C16H17O3P. The van der Waals surface area contributed by atoms with Crippen LogP contribution in [0.1, 0.15) is 6.92 Å². The van der Waals surface area contributed by atoms with E-state index in [1.807, 2.05) is 36.4 Å². The van der Waals surface area contributed by atoms with Crippen molar-refractivity contribution in [2.45, 2.75) is 6.92 Å². The second-order valence-electron chi connectivity index (χ2n) is 4.23. The minimum atomic E-state index is -3.05. The fraction of sp³-hybridized carbons (Fsp3) is 0.125. The molecule has 0 bridgehead atoms. The quantitative estimate of drug-likeness (QED) is 0.677. The van der Waals surface area contributed by atoms with Crippen LogP contribution < -0.4 is 10.6 Å². The molecule has 0 aromatic heterocycles. The molecule has 0 radical (unpaired) electrons. The second-order valence-corrected chi connectivity index (χ2v) is 6.84. The Kier molecular flexibility index (Phi) is 4.65.